The lowest BCUT2D eigenvalue weighted by molar-refractivity contribution is -0.112. The van der Waals surface area contributed by atoms with E-state index in [-0.39, 0.29) is 17.1 Å². The van der Waals surface area contributed by atoms with Gasteiger partial charge in [-0.1, -0.05) is 24.3 Å². The Morgan fingerprint density at radius 1 is 1.31 bits per heavy atom. The molecule has 8 heteroatoms. The van der Waals surface area contributed by atoms with E-state index in [0.717, 1.165) is 5.39 Å². The highest BCUT2D eigenvalue weighted by Gasteiger charge is 2.15. The number of thiol groups is 1. The molecule has 0 bridgehead atoms. The third kappa shape index (κ3) is 3.55. The van der Waals surface area contributed by atoms with Crippen LogP contribution in [0.1, 0.15) is 18.9 Å². The maximum Gasteiger partial charge on any atom is 0.273 e. The van der Waals surface area contributed by atoms with Crippen molar-refractivity contribution in [3.8, 4) is 11.3 Å². The number of hydrogen-bond acceptors (Lipinski definition) is 4. The Hall–Kier alpha value is -2.87. The van der Waals surface area contributed by atoms with Crippen molar-refractivity contribution in [3.63, 3.8) is 0 Å². The first-order valence-corrected chi connectivity index (χ1v) is 8.14. The van der Waals surface area contributed by atoms with E-state index in [9.17, 15) is 13.6 Å². The molecule has 0 aliphatic heterocycles. The number of halogens is 2. The van der Waals surface area contributed by atoms with Gasteiger partial charge in [-0.15, -0.1) is 12.6 Å². The number of allylic oxidation sites excluding steroid dienone is 1. The average molecular weight is 374 g/mol. The molecule has 1 aromatic carbocycles. The summed E-state index contributed by atoms with van der Waals surface area (Å²) < 4.78 is 26.4. The molecule has 1 amide bonds. The van der Waals surface area contributed by atoms with Crippen LogP contribution in [0.25, 0.3) is 22.2 Å². The number of benzene rings is 1. The molecule has 0 atom stereocenters. The summed E-state index contributed by atoms with van der Waals surface area (Å²) in [5.74, 6) is -0.227. The first-order chi connectivity index (χ1) is 12.4. The number of amides is 1. The van der Waals surface area contributed by atoms with Crippen LogP contribution < -0.4 is 11.1 Å². The SMILES string of the molecule is C/C(S)=C(/N)C(=O)Nc1cc2[nH]c(-c3ccccc3C(F)F)cc2cn1. The number of alkyl halides is 2. The molecule has 5 nitrogen and oxygen atoms in total. The molecule has 3 aromatic rings. The lowest BCUT2D eigenvalue weighted by Crippen LogP contribution is -2.21. The molecule has 0 spiro atoms. The molecule has 2 aromatic heterocycles. The zero-order valence-electron chi connectivity index (χ0n) is 13.8. The molecule has 0 radical (unpaired) electrons. The van der Waals surface area contributed by atoms with Crippen LogP contribution in [-0.4, -0.2) is 15.9 Å². The zero-order valence-corrected chi connectivity index (χ0v) is 14.6. The summed E-state index contributed by atoms with van der Waals surface area (Å²) in [5.41, 5.74) is 7.19. The number of carbonyl (C=O) groups is 1. The van der Waals surface area contributed by atoms with E-state index in [4.69, 9.17) is 5.73 Å². The molecule has 0 aliphatic carbocycles. The highest BCUT2D eigenvalue weighted by Crippen LogP contribution is 2.32. The maximum atomic E-state index is 13.2. The van der Waals surface area contributed by atoms with Gasteiger partial charge in [-0.3, -0.25) is 4.79 Å². The molecule has 0 saturated heterocycles. The Labute approximate surface area is 153 Å². The predicted octanol–water partition coefficient (Wildman–Crippen LogP) is 4.23. The number of carbonyl (C=O) groups excluding carboxylic acids is 1. The number of aromatic amines is 1. The molecule has 0 fully saturated rings. The van der Waals surface area contributed by atoms with Crippen molar-refractivity contribution in [2.45, 2.75) is 13.3 Å². The second-order valence-electron chi connectivity index (χ2n) is 5.68. The molecule has 0 unspecified atom stereocenters. The minimum absolute atomic E-state index is 0.00624. The smallest absolute Gasteiger partial charge is 0.273 e. The quantitative estimate of drug-likeness (QED) is 0.407. The summed E-state index contributed by atoms with van der Waals surface area (Å²) in [6.07, 6.45) is -1.03. The zero-order chi connectivity index (χ0) is 18.8. The van der Waals surface area contributed by atoms with E-state index in [1.165, 1.54) is 6.07 Å². The van der Waals surface area contributed by atoms with Crippen LogP contribution in [0.15, 0.2) is 53.2 Å². The number of fused-ring (bicyclic) bond motifs is 1. The third-order valence-corrected chi connectivity index (χ3v) is 4.11. The first-order valence-electron chi connectivity index (χ1n) is 7.69. The van der Waals surface area contributed by atoms with Gasteiger partial charge in [0.25, 0.3) is 12.3 Å². The minimum Gasteiger partial charge on any atom is -0.394 e. The summed E-state index contributed by atoms with van der Waals surface area (Å²) in [7, 11) is 0. The second kappa shape index (κ2) is 7.17. The van der Waals surface area contributed by atoms with Crippen molar-refractivity contribution in [1.29, 1.82) is 0 Å². The van der Waals surface area contributed by atoms with E-state index in [1.807, 2.05) is 0 Å². The molecule has 134 valence electrons. The van der Waals surface area contributed by atoms with Crippen LogP contribution in [0.2, 0.25) is 0 Å². The Morgan fingerprint density at radius 2 is 2.04 bits per heavy atom. The third-order valence-electron chi connectivity index (χ3n) is 3.87. The number of pyridine rings is 1. The van der Waals surface area contributed by atoms with Gasteiger partial charge in [0.1, 0.15) is 11.5 Å². The number of aromatic nitrogens is 2. The first kappa shape index (κ1) is 17.9. The molecule has 4 N–H and O–H groups in total. The van der Waals surface area contributed by atoms with Crippen LogP contribution in [0.5, 0.6) is 0 Å². The van der Waals surface area contributed by atoms with E-state index < -0.39 is 12.3 Å². The van der Waals surface area contributed by atoms with Crippen LogP contribution in [0, 0.1) is 0 Å². The van der Waals surface area contributed by atoms with Gasteiger partial charge in [0.15, 0.2) is 0 Å². The fourth-order valence-corrected chi connectivity index (χ4v) is 2.62. The number of H-pyrrole nitrogens is 1. The van der Waals surface area contributed by atoms with Gasteiger partial charge in [-0.2, -0.15) is 0 Å². The highest BCUT2D eigenvalue weighted by atomic mass is 32.1. The molecule has 2 heterocycles. The fraction of sp³-hybridized carbons (Fsp3) is 0.111. The van der Waals surface area contributed by atoms with Gasteiger partial charge in [-0.05, 0) is 13.0 Å². The van der Waals surface area contributed by atoms with Gasteiger partial charge < -0.3 is 16.0 Å². The van der Waals surface area contributed by atoms with Crippen molar-refractivity contribution in [3.05, 3.63) is 58.8 Å². The Kier molecular flexibility index (Phi) is 4.94. The summed E-state index contributed by atoms with van der Waals surface area (Å²) in [6.45, 7) is 1.60. The number of nitrogens with one attached hydrogen (secondary N) is 2. The highest BCUT2D eigenvalue weighted by molar-refractivity contribution is 7.84. The predicted molar refractivity (Wildman–Crippen MR) is 101 cm³/mol. The largest absolute Gasteiger partial charge is 0.394 e. The van der Waals surface area contributed by atoms with Crippen molar-refractivity contribution < 1.29 is 13.6 Å². The molecular formula is C18H16F2N4OS. The van der Waals surface area contributed by atoms with Crippen LogP contribution >= 0.6 is 12.6 Å². The Bertz CT molecular complexity index is 1010. The summed E-state index contributed by atoms with van der Waals surface area (Å²) in [4.78, 5) is 19.6. The van der Waals surface area contributed by atoms with Crippen molar-refractivity contribution in [2.24, 2.45) is 5.73 Å². The normalized spacial score (nSPS) is 12.3. The lowest BCUT2D eigenvalue weighted by atomic mass is 10.1. The number of nitrogens with two attached hydrogens (primary N) is 1. The van der Waals surface area contributed by atoms with Gasteiger partial charge in [0.2, 0.25) is 0 Å². The van der Waals surface area contributed by atoms with Gasteiger partial charge in [0, 0.05) is 39.4 Å². The van der Waals surface area contributed by atoms with Crippen LogP contribution in [-0.2, 0) is 4.79 Å². The second-order valence-corrected chi connectivity index (χ2v) is 6.35. The molecule has 26 heavy (non-hydrogen) atoms. The molecule has 0 saturated carbocycles. The Balaban J connectivity index is 1.96. The molecular weight excluding hydrogens is 358 g/mol. The lowest BCUT2D eigenvalue weighted by Gasteiger charge is -2.06. The molecule has 3 rings (SSSR count). The minimum atomic E-state index is -2.58. The van der Waals surface area contributed by atoms with Gasteiger partial charge in [0.05, 0.1) is 5.52 Å². The summed E-state index contributed by atoms with van der Waals surface area (Å²) in [5, 5.41) is 3.30. The van der Waals surface area contributed by atoms with Crippen LogP contribution in [0.4, 0.5) is 14.6 Å². The number of anilines is 1. The Morgan fingerprint density at radius 3 is 2.73 bits per heavy atom. The van der Waals surface area contributed by atoms with Crippen molar-refractivity contribution >= 4 is 35.3 Å². The van der Waals surface area contributed by atoms with Gasteiger partial charge in [-0.25, -0.2) is 13.8 Å². The monoisotopic (exact) mass is 374 g/mol. The fourth-order valence-electron chi connectivity index (χ4n) is 2.52. The summed E-state index contributed by atoms with van der Waals surface area (Å²) in [6, 6.07) is 9.65. The topological polar surface area (TPSA) is 83.8 Å². The number of rotatable bonds is 4. The van der Waals surface area contributed by atoms with E-state index in [0.29, 0.717) is 21.7 Å². The number of hydrogen-bond donors (Lipinski definition) is 4. The van der Waals surface area contributed by atoms with E-state index in [1.54, 1.807) is 43.5 Å². The van der Waals surface area contributed by atoms with E-state index in [2.05, 4.69) is 27.9 Å². The number of nitrogens with zero attached hydrogens (tertiary/aromatic N) is 1. The standard InChI is InChI=1S/C18H16F2N4OS/c1-9(26)16(21)18(25)24-15-7-13-10(8-22-15)6-14(23-13)11-4-2-3-5-12(11)17(19)20/h2-8,17,23,26H,21H2,1H3,(H,22,24,25)/b16-9-. The average Bonchev–Trinajstić information content (AvgIpc) is 3.04. The van der Waals surface area contributed by atoms with Gasteiger partial charge >= 0.3 is 0 Å². The van der Waals surface area contributed by atoms with E-state index >= 15 is 0 Å². The maximum absolute atomic E-state index is 13.2. The van der Waals surface area contributed by atoms with Crippen molar-refractivity contribution in [1.82, 2.24) is 9.97 Å². The van der Waals surface area contributed by atoms with Crippen molar-refractivity contribution in [2.75, 3.05) is 5.32 Å². The molecule has 0 aliphatic rings. The van der Waals surface area contributed by atoms with Crippen LogP contribution in [0.3, 0.4) is 0 Å². The summed E-state index contributed by atoms with van der Waals surface area (Å²) >= 11 is 4.03.